The molecule has 0 aliphatic carbocycles. The number of nitrogens with two attached hydrogens (primary N) is 1. The first kappa shape index (κ1) is 15.4. The summed E-state index contributed by atoms with van der Waals surface area (Å²) in [6.45, 7) is 6.48. The van der Waals surface area contributed by atoms with Gasteiger partial charge in [-0.15, -0.1) is 0 Å². The average Bonchev–Trinajstić information content (AvgIpc) is 2.35. The van der Waals surface area contributed by atoms with Crippen LogP contribution in [0.1, 0.15) is 52.4 Å². The number of rotatable bonds is 7. The molecule has 1 atom stereocenters. The summed E-state index contributed by atoms with van der Waals surface area (Å²) in [7, 11) is 0. The molecule has 0 saturated carbocycles. The number of carbonyl (C=O) groups is 1. The Morgan fingerprint density at radius 1 is 1.44 bits per heavy atom. The minimum absolute atomic E-state index is 0.0890. The van der Waals surface area contributed by atoms with Gasteiger partial charge >= 0.3 is 0 Å². The summed E-state index contributed by atoms with van der Waals surface area (Å²) in [6, 6.07) is 0. The minimum Gasteiger partial charge on any atom is -0.378 e. The Bertz CT molecular complexity index is 248. The van der Waals surface area contributed by atoms with Crippen LogP contribution in [0.5, 0.6) is 0 Å². The van der Waals surface area contributed by atoms with Crippen molar-refractivity contribution in [3.63, 3.8) is 0 Å². The molecule has 1 heterocycles. The summed E-state index contributed by atoms with van der Waals surface area (Å²) >= 11 is 0. The van der Waals surface area contributed by atoms with Crippen molar-refractivity contribution in [3.8, 4) is 0 Å². The summed E-state index contributed by atoms with van der Waals surface area (Å²) in [5.74, 6) is 0.134. The zero-order chi connectivity index (χ0) is 13.4. The largest absolute Gasteiger partial charge is 0.378 e. The van der Waals surface area contributed by atoms with E-state index in [1.807, 2.05) is 0 Å². The molecule has 1 fully saturated rings. The van der Waals surface area contributed by atoms with E-state index in [2.05, 4.69) is 19.2 Å². The molecule has 0 aromatic rings. The Kier molecular flexibility index (Phi) is 6.65. The number of hydrogen-bond acceptors (Lipinski definition) is 3. The van der Waals surface area contributed by atoms with Crippen LogP contribution >= 0.6 is 0 Å². The lowest BCUT2D eigenvalue weighted by Crippen LogP contribution is -2.35. The summed E-state index contributed by atoms with van der Waals surface area (Å²) in [5.41, 5.74) is 5.64. The Balaban J connectivity index is 2.13. The maximum atomic E-state index is 11.7. The Morgan fingerprint density at radius 2 is 2.22 bits per heavy atom. The van der Waals surface area contributed by atoms with Gasteiger partial charge in [0.05, 0.1) is 6.10 Å². The van der Waals surface area contributed by atoms with E-state index in [0.29, 0.717) is 25.6 Å². The van der Waals surface area contributed by atoms with Gasteiger partial charge in [-0.3, -0.25) is 4.79 Å². The topological polar surface area (TPSA) is 64.3 Å². The second-order valence-corrected chi connectivity index (χ2v) is 6.01. The SMILES string of the molecule is CC(C)(CCN)CNC(=O)CCC1CCCCO1. The van der Waals surface area contributed by atoms with Gasteiger partial charge in [0.25, 0.3) is 0 Å². The van der Waals surface area contributed by atoms with E-state index < -0.39 is 0 Å². The van der Waals surface area contributed by atoms with Crippen molar-refractivity contribution in [2.24, 2.45) is 11.1 Å². The highest BCUT2D eigenvalue weighted by Gasteiger charge is 2.19. The van der Waals surface area contributed by atoms with Gasteiger partial charge in [-0.25, -0.2) is 0 Å². The lowest BCUT2D eigenvalue weighted by Gasteiger charge is -2.25. The van der Waals surface area contributed by atoms with Gasteiger partial charge in [0.15, 0.2) is 0 Å². The van der Waals surface area contributed by atoms with Crippen molar-refractivity contribution in [2.75, 3.05) is 19.7 Å². The quantitative estimate of drug-likeness (QED) is 0.730. The first-order valence-electron chi connectivity index (χ1n) is 7.12. The third-order valence-corrected chi connectivity index (χ3v) is 3.55. The molecule has 18 heavy (non-hydrogen) atoms. The van der Waals surface area contributed by atoms with Crippen LogP contribution in [0.2, 0.25) is 0 Å². The number of ether oxygens (including phenoxy) is 1. The van der Waals surface area contributed by atoms with Gasteiger partial charge in [-0.1, -0.05) is 13.8 Å². The van der Waals surface area contributed by atoms with Crippen molar-refractivity contribution in [1.29, 1.82) is 0 Å². The highest BCUT2D eigenvalue weighted by Crippen LogP contribution is 2.19. The van der Waals surface area contributed by atoms with E-state index in [9.17, 15) is 4.79 Å². The van der Waals surface area contributed by atoms with E-state index in [1.165, 1.54) is 6.42 Å². The molecular weight excluding hydrogens is 228 g/mol. The van der Waals surface area contributed by atoms with E-state index in [4.69, 9.17) is 10.5 Å². The summed E-state index contributed by atoms with van der Waals surface area (Å²) < 4.78 is 5.62. The van der Waals surface area contributed by atoms with Gasteiger partial charge in [0.2, 0.25) is 5.91 Å². The summed E-state index contributed by atoms with van der Waals surface area (Å²) in [6.07, 6.45) is 6.14. The van der Waals surface area contributed by atoms with E-state index in [0.717, 1.165) is 32.3 Å². The van der Waals surface area contributed by atoms with Crippen LogP contribution in [-0.4, -0.2) is 31.7 Å². The van der Waals surface area contributed by atoms with Gasteiger partial charge < -0.3 is 15.8 Å². The standard InChI is InChI=1S/C14H28N2O2/c1-14(2,8-9-15)11-16-13(17)7-6-12-5-3-4-10-18-12/h12H,3-11,15H2,1-2H3,(H,16,17). The van der Waals surface area contributed by atoms with Crippen LogP contribution in [-0.2, 0) is 9.53 Å². The fourth-order valence-electron chi connectivity index (χ4n) is 2.23. The number of hydrogen-bond donors (Lipinski definition) is 2. The third-order valence-electron chi connectivity index (χ3n) is 3.55. The molecule has 1 aliphatic heterocycles. The lowest BCUT2D eigenvalue weighted by molar-refractivity contribution is -0.122. The molecule has 1 unspecified atom stereocenters. The zero-order valence-corrected chi connectivity index (χ0v) is 11.8. The zero-order valence-electron chi connectivity index (χ0n) is 11.8. The molecule has 0 spiro atoms. The molecule has 4 heteroatoms. The molecule has 0 aromatic carbocycles. The van der Waals surface area contributed by atoms with E-state index in [1.54, 1.807) is 0 Å². The number of amides is 1. The van der Waals surface area contributed by atoms with Crippen LogP contribution in [0.15, 0.2) is 0 Å². The normalized spacial score (nSPS) is 20.7. The number of carbonyl (C=O) groups excluding carboxylic acids is 1. The molecule has 1 saturated heterocycles. The van der Waals surface area contributed by atoms with Crippen LogP contribution in [0, 0.1) is 5.41 Å². The highest BCUT2D eigenvalue weighted by molar-refractivity contribution is 5.75. The fourth-order valence-corrected chi connectivity index (χ4v) is 2.23. The predicted octanol–water partition coefficient (Wildman–Crippen LogP) is 1.83. The van der Waals surface area contributed by atoms with Crippen LogP contribution in [0.3, 0.4) is 0 Å². The molecule has 1 aliphatic rings. The molecule has 3 N–H and O–H groups in total. The van der Waals surface area contributed by atoms with Crippen molar-refractivity contribution in [2.45, 2.75) is 58.5 Å². The van der Waals surface area contributed by atoms with Crippen molar-refractivity contribution in [1.82, 2.24) is 5.32 Å². The first-order chi connectivity index (χ1) is 8.53. The summed E-state index contributed by atoms with van der Waals surface area (Å²) in [5, 5.41) is 3.00. The first-order valence-corrected chi connectivity index (χ1v) is 7.12. The Morgan fingerprint density at radius 3 is 2.83 bits per heavy atom. The molecule has 1 rings (SSSR count). The lowest BCUT2D eigenvalue weighted by atomic mass is 9.89. The second kappa shape index (κ2) is 7.74. The maximum Gasteiger partial charge on any atom is 0.220 e. The average molecular weight is 256 g/mol. The monoisotopic (exact) mass is 256 g/mol. The Labute approximate surface area is 111 Å². The van der Waals surface area contributed by atoms with E-state index >= 15 is 0 Å². The molecule has 1 amide bonds. The van der Waals surface area contributed by atoms with Crippen molar-refractivity contribution in [3.05, 3.63) is 0 Å². The molecule has 0 aromatic heterocycles. The molecular formula is C14H28N2O2. The van der Waals surface area contributed by atoms with Gasteiger partial charge in [-0.05, 0) is 44.1 Å². The third kappa shape index (κ3) is 6.36. The molecule has 0 bridgehead atoms. The predicted molar refractivity (Wildman–Crippen MR) is 73.3 cm³/mol. The molecule has 4 nitrogen and oxygen atoms in total. The van der Waals surface area contributed by atoms with E-state index in [-0.39, 0.29) is 11.3 Å². The highest BCUT2D eigenvalue weighted by atomic mass is 16.5. The van der Waals surface area contributed by atoms with Gasteiger partial charge in [0.1, 0.15) is 0 Å². The molecule has 106 valence electrons. The van der Waals surface area contributed by atoms with Gasteiger partial charge in [-0.2, -0.15) is 0 Å². The van der Waals surface area contributed by atoms with Crippen LogP contribution in [0.25, 0.3) is 0 Å². The molecule has 0 radical (unpaired) electrons. The summed E-state index contributed by atoms with van der Waals surface area (Å²) in [4.78, 5) is 11.7. The van der Waals surface area contributed by atoms with Crippen LogP contribution < -0.4 is 11.1 Å². The van der Waals surface area contributed by atoms with Crippen LogP contribution in [0.4, 0.5) is 0 Å². The van der Waals surface area contributed by atoms with Crippen molar-refractivity contribution >= 4 is 5.91 Å². The second-order valence-electron chi connectivity index (χ2n) is 6.01. The minimum atomic E-state index is 0.0890. The van der Waals surface area contributed by atoms with Gasteiger partial charge in [0, 0.05) is 19.6 Å². The maximum absolute atomic E-state index is 11.7. The number of nitrogens with one attached hydrogen (secondary N) is 1. The van der Waals surface area contributed by atoms with Crippen molar-refractivity contribution < 1.29 is 9.53 Å². The smallest absolute Gasteiger partial charge is 0.220 e. The fraction of sp³-hybridized carbons (Fsp3) is 0.929. The Hall–Kier alpha value is -0.610.